The van der Waals surface area contributed by atoms with Gasteiger partial charge in [0.15, 0.2) is 0 Å². The van der Waals surface area contributed by atoms with Gasteiger partial charge in [-0.3, -0.25) is 4.79 Å². The molecule has 1 aromatic heterocycles. The lowest BCUT2D eigenvalue weighted by atomic mass is 9.80. The number of ether oxygens (including phenoxy) is 1. The second kappa shape index (κ2) is 5.91. The number of benzene rings is 1. The highest BCUT2D eigenvalue weighted by atomic mass is 16.5. The fourth-order valence-corrected chi connectivity index (χ4v) is 3.24. The molecular weight excluding hydrogens is 294 g/mol. The molecule has 1 aliphatic carbocycles. The Hall–Kier alpha value is -2.56. The molecule has 0 spiro atoms. The molecule has 0 saturated carbocycles. The molecule has 5 heteroatoms. The van der Waals surface area contributed by atoms with Crippen LogP contribution in [0.1, 0.15) is 31.5 Å². The Balaban J connectivity index is 2.15. The van der Waals surface area contributed by atoms with Crippen LogP contribution in [0, 0.1) is 5.92 Å². The van der Waals surface area contributed by atoms with E-state index >= 15 is 0 Å². The maximum Gasteiger partial charge on any atom is 0.379 e. The summed E-state index contributed by atoms with van der Waals surface area (Å²) in [5, 5.41) is 11.7. The first-order chi connectivity index (χ1) is 11.1. The van der Waals surface area contributed by atoms with E-state index < -0.39 is 11.8 Å². The first kappa shape index (κ1) is 15.3. The summed E-state index contributed by atoms with van der Waals surface area (Å²) in [5.41, 5.74) is 2.59. The van der Waals surface area contributed by atoms with E-state index in [1.54, 1.807) is 6.92 Å². The fraction of sp³-hybridized carbons (Fsp3) is 0.333. The van der Waals surface area contributed by atoms with Gasteiger partial charge in [-0.05, 0) is 37.3 Å². The molecule has 0 fully saturated rings. The first-order valence-corrected chi connectivity index (χ1v) is 7.82. The Morgan fingerprint density at radius 2 is 2.04 bits per heavy atom. The number of hydrogen-bond acceptors (Lipinski definition) is 4. The summed E-state index contributed by atoms with van der Waals surface area (Å²) in [6, 6.07) is 7.77. The molecule has 2 N–H and O–H groups in total. The number of carbonyl (C=O) groups is 2. The van der Waals surface area contributed by atoms with Gasteiger partial charge in [-0.15, -0.1) is 0 Å². The van der Waals surface area contributed by atoms with E-state index in [1.807, 2.05) is 31.2 Å². The highest BCUT2D eigenvalue weighted by molar-refractivity contribution is 6.42. The number of esters is 1. The van der Waals surface area contributed by atoms with Crippen molar-refractivity contribution in [3.63, 3.8) is 0 Å². The van der Waals surface area contributed by atoms with Gasteiger partial charge in [0.05, 0.1) is 17.9 Å². The predicted octanol–water partition coefficient (Wildman–Crippen LogP) is 3.15. The van der Waals surface area contributed by atoms with E-state index in [1.165, 1.54) is 0 Å². The minimum Gasteiger partial charge on any atom is -0.505 e. The Morgan fingerprint density at radius 1 is 1.30 bits per heavy atom. The second-order valence-corrected chi connectivity index (χ2v) is 5.65. The first-order valence-electron chi connectivity index (χ1n) is 7.82. The summed E-state index contributed by atoms with van der Waals surface area (Å²) in [7, 11) is 0. The molecular formula is C18H19NO4. The molecule has 2 aromatic rings. The standard InChI is InChI=1S/C18H19NO4/c1-3-10-9-12-11-7-5-6-8-13(11)19-15(12)16(20)14(10)17(21)18(22)23-4-2/h5-8,10,19-20H,3-4,9H2,1-2H3. The number of carbonyl (C=O) groups excluding carboxylic acids is 2. The third kappa shape index (κ3) is 2.42. The number of rotatable bonds is 4. The highest BCUT2D eigenvalue weighted by Gasteiger charge is 2.36. The van der Waals surface area contributed by atoms with E-state index in [-0.39, 0.29) is 23.9 Å². The van der Waals surface area contributed by atoms with Gasteiger partial charge in [0.1, 0.15) is 5.76 Å². The topological polar surface area (TPSA) is 79.4 Å². The van der Waals surface area contributed by atoms with Crippen molar-refractivity contribution in [1.29, 1.82) is 0 Å². The number of ketones is 1. The summed E-state index contributed by atoms with van der Waals surface area (Å²) < 4.78 is 4.80. The average Bonchev–Trinajstić information content (AvgIpc) is 2.93. The molecule has 0 amide bonds. The largest absolute Gasteiger partial charge is 0.505 e. The van der Waals surface area contributed by atoms with Crippen molar-refractivity contribution in [3.05, 3.63) is 41.1 Å². The monoisotopic (exact) mass is 313 g/mol. The maximum absolute atomic E-state index is 12.4. The van der Waals surface area contributed by atoms with Crippen molar-refractivity contribution < 1.29 is 19.4 Å². The molecule has 0 radical (unpaired) electrons. The van der Waals surface area contributed by atoms with Crippen molar-refractivity contribution >= 4 is 28.4 Å². The summed E-state index contributed by atoms with van der Waals surface area (Å²) in [4.78, 5) is 27.3. The van der Waals surface area contributed by atoms with Crippen LogP contribution in [0.15, 0.2) is 29.8 Å². The lowest BCUT2D eigenvalue weighted by Gasteiger charge is -2.24. The molecule has 120 valence electrons. The van der Waals surface area contributed by atoms with Crippen LogP contribution in [0.4, 0.5) is 0 Å². The van der Waals surface area contributed by atoms with E-state index in [0.717, 1.165) is 16.5 Å². The van der Waals surface area contributed by atoms with Crippen LogP contribution in [0.3, 0.4) is 0 Å². The Bertz CT molecular complexity index is 816. The van der Waals surface area contributed by atoms with Crippen LogP contribution in [0.25, 0.3) is 16.7 Å². The number of nitrogens with one attached hydrogen (secondary N) is 1. The normalized spacial score (nSPS) is 17.2. The zero-order chi connectivity index (χ0) is 16.6. The van der Waals surface area contributed by atoms with Crippen LogP contribution in [0.2, 0.25) is 0 Å². The number of H-pyrrole nitrogens is 1. The molecule has 1 unspecified atom stereocenters. The van der Waals surface area contributed by atoms with Crippen LogP contribution in [-0.4, -0.2) is 28.4 Å². The van der Waals surface area contributed by atoms with Gasteiger partial charge in [-0.2, -0.15) is 0 Å². The number of fused-ring (bicyclic) bond motifs is 3. The molecule has 1 atom stereocenters. The van der Waals surface area contributed by atoms with Gasteiger partial charge in [-0.1, -0.05) is 25.1 Å². The maximum atomic E-state index is 12.4. The molecule has 1 aliphatic rings. The number of para-hydroxylation sites is 1. The molecule has 1 aromatic carbocycles. The second-order valence-electron chi connectivity index (χ2n) is 5.65. The van der Waals surface area contributed by atoms with Crippen molar-refractivity contribution in [2.24, 2.45) is 5.92 Å². The highest BCUT2D eigenvalue weighted by Crippen LogP contribution is 2.39. The quantitative estimate of drug-likeness (QED) is 0.671. The van der Waals surface area contributed by atoms with E-state index in [2.05, 4.69) is 4.98 Å². The predicted molar refractivity (Wildman–Crippen MR) is 87.0 cm³/mol. The molecule has 0 aliphatic heterocycles. The zero-order valence-electron chi connectivity index (χ0n) is 13.2. The summed E-state index contributed by atoms with van der Waals surface area (Å²) >= 11 is 0. The van der Waals surface area contributed by atoms with Gasteiger partial charge in [0.2, 0.25) is 0 Å². The average molecular weight is 313 g/mol. The molecule has 5 nitrogen and oxygen atoms in total. The molecule has 1 heterocycles. The summed E-state index contributed by atoms with van der Waals surface area (Å²) in [5.74, 6) is -1.99. The number of hydrogen-bond donors (Lipinski definition) is 2. The van der Waals surface area contributed by atoms with Crippen molar-refractivity contribution in [1.82, 2.24) is 4.98 Å². The number of Topliss-reactive ketones (excluding diaryl/α,β-unsaturated/α-hetero) is 1. The zero-order valence-corrected chi connectivity index (χ0v) is 13.2. The lowest BCUT2D eigenvalue weighted by molar-refractivity contribution is -0.152. The van der Waals surface area contributed by atoms with E-state index in [9.17, 15) is 14.7 Å². The van der Waals surface area contributed by atoms with Crippen molar-refractivity contribution in [3.8, 4) is 0 Å². The number of aliphatic hydroxyl groups is 1. The molecule has 3 rings (SSSR count). The fourth-order valence-electron chi connectivity index (χ4n) is 3.24. The smallest absolute Gasteiger partial charge is 0.379 e. The van der Waals surface area contributed by atoms with Crippen LogP contribution < -0.4 is 0 Å². The van der Waals surface area contributed by atoms with Gasteiger partial charge in [0, 0.05) is 10.9 Å². The van der Waals surface area contributed by atoms with Gasteiger partial charge in [0.25, 0.3) is 5.78 Å². The molecule has 0 bridgehead atoms. The summed E-state index contributed by atoms with van der Waals surface area (Å²) in [6.07, 6.45) is 1.27. The number of aliphatic hydroxyl groups excluding tert-OH is 1. The molecule has 0 saturated heterocycles. The van der Waals surface area contributed by atoms with Crippen LogP contribution >= 0.6 is 0 Å². The SMILES string of the molecule is CCOC(=O)C(=O)C1=C(O)c2[nH]c3ccccc3c2CC1CC. The van der Waals surface area contributed by atoms with E-state index in [0.29, 0.717) is 18.5 Å². The summed E-state index contributed by atoms with van der Waals surface area (Å²) in [6.45, 7) is 3.72. The third-order valence-electron chi connectivity index (χ3n) is 4.36. The molecule has 23 heavy (non-hydrogen) atoms. The minimum absolute atomic E-state index is 0.132. The van der Waals surface area contributed by atoms with Crippen LogP contribution in [0.5, 0.6) is 0 Å². The Labute approximate surface area is 134 Å². The van der Waals surface area contributed by atoms with E-state index in [4.69, 9.17) is 4.74 Å². The third-order valence-corrected chi connectivity index (χ3v) is 4.36. The van der Waals surface area contributed by atoms with Crippen LogP contribution in [-0.2, 0) is 20.7 Å². The van der Waals surface area contributed by atoms with Crippen molar-refractivity contribution in [2.45, 2.75) is 26.7 Å². The Morgan fingerprint density at radius 3 is 2.74 bits per heavy atom. The van der Waals surface area contributed by atoms with Gasteiger partial charge < -0.3 is 14.8 Å². The van der Waals surface area contributed by atoms with Gasteiger partial charge in [-0.25, -0.2) is 4.79 Å². The number of aromatic amines is 1. The van der Waals surface area contributed by atoms with Crippen molar-refractivity contribution in [2.75, 3.05) is 6.61 Å². The lowest BCUT2D eigenvalue weighted by Crippen LogP contribution is -2.28. The van der Waals surface area contributed by atoms with Gasteiger partial charge >= 0.3 is 5.97 Å². The Kier molecular flexibility index (Phi) is 3.94. The number of aromatic nitrogens is 1. The minimum atomic E-state index is -0.910.